The van der Waals surface area contributed by atoms with E-state index in [1.165, 1.54) is 37.2 Å². The highest BCUT2D eigenvalue weighted by molar-refractivity contribution is 7.99. The van der Waals surface area contributed by atoms with Crippen LogP contribution in [0.1, 0.15) is 46.5 Å². The lowest BCUT2D eigenvalue weighted by Gasteiger charge is -2.24. The summed E-state index contributed by atoms with van der Waals surface area (Å²) in [6, 6.07) is 0.633. The van der Waals surface area contributed by atoms with Crippen LogP contribution in [0.5, 0.6) is 0 Å². The third-order valence-corrected chi connectivity index (χ3v) is 4.43. The molecule has 2 heteroatoms. The summed E-state index contributed by atoms with van der Waals surface area (Å²) in [5, 5.41) is 3.64. The van der Waals surface area contributed by atoms with E-state index in [2.05, 4.69) is 43.9 Å². The number of thioether (sulfide) groups is 1. The molecule has 0 saturated heterocycles. The Morgan fingerprint density at radius 1 is 1.31 bits per heavy atom. The highest BCUT2D eigenvalue weighted by atomic mass is 32.2. The summed E-state index contributed by atoms with van der Waals surface area (Å²) in [6.45, 7) is 7.90. The highest BCUT2D eigenvalue weighted by Gasteiger charge is 2.15. The number of allylic oxidation sites excluding steroid dienone is 1. The van der Waals surface area contributed by atoms with Gasteiger partial charge in [0, 0.05) is 11.8 Å². The molecule has 94 valence electrons. The minimum atomic E-state index is 0.633. The van der Waals surface area contributed by atoms with Gasteiger partial charge in [-0.25, -0.2) is 0 Å². The third-order valence-electron chi connectivity index (χ3n) is 2.96. The Morgan fingerprint density at radius 2 is 2.12 bits per heavy atom. The maximum atomic E-state index is 3.64. The van der Waals surface area contributed by atoms with E-state index in [-0.39, 0.29) is 0 Å². The highest BCUT2D eigenvalue weighted by Crippen LogP contribution is 2.23. The van der Waals surface area contributed by atoms with Gasteiger partial charge in [0.2, 0.25) is 0 Å². The first-order valence-corrected chi connectivity index (χ1v) is 7.89. The quantitative estimate of drug-likeness (QED) is 0.679. The average molecular weight is 241 g/mol. The van der Waals surface area contributed by atoms with Gasteiger partial charge in [0.05, 0.1) is 0 Å². The van der Waals surface area contributed by atoms with Crippen molar-refractivity contribution < 1.29 is 0 Å². The molecular weight excluding hydrogens is 214 g/mol. The Hall–Kier alpha value is 0.0500. The van der Waals surface area contributed by atoms with Crippen molar-refractivity contribution in [3.8, 4) is 0 Å². The number of likely N-dealkylation sites (N-methyl/N-ethyl adjacent to an activating group) is 1. The number of hydrogen-bond acceptors (Lipinski definition) is 2. The smallest absolute Gasteiger partial charge is 0.0370 e. The molecule has 0 bridgehead atoms. The van der Waals surface area contributed by atoms with Gasteiger partial charge in [0.1, 0.15) is 0 Å². The van der Waals surface area contributed by atoms with Gasteiger partial charge in [-0.05, 0) is 43.9 Å². The van der Waals surface area contributed by atoms with Crippen molar-refractivity contribution >= 4 is 11.8 Å². The predicted molar refractivity (Wildman–Crippen MR) is 76.2 cm³/mol. The molecular formula is C14H27NS. The van der Waals surface area contributed by atoms with Gasteiger partial charge < -0.3 is 5.32 Å². The zero-order valence-corrected chi connectivity index (χ0v) is 11.9. The molecule has 1 aliphatic carbocycles. The second-order valence-corrected chi connectivity index (χ2v) is 6.14. The minimum absolute atomic E-state index is 0.633. The standard InChI is InChI=1S/C14H27NS/c1-4-15-14(11-16-10-12(2)3)13-8-6-5-7-9-13/h8,12,14-15H,4-7,9-11H2,1-3H3. The first-order valence-electron chi connectivity index (χ1n) is 6.74. The first-order chi connectivity index (χ1) is 7.74. The second kappa shape index (κ2) is 8.19. The van der Waals surface area contributed by atoms with Crippen molar-refractivity contribution in [2.24, 2.45) is 5.92 Å². The van der Waals surface area contributed by atoms with Crippen LogP contribution in [0.2, 0.25) is 0 Å². The molecule has 0 aliphatic heterocycles. The summed E-state index contributed by atoms with van der Waals surface area (Å²) in [5.74, 6) is 3.35. The first kappa shape index (κ1) is 14.1. The minimum Gasteiger partial charge on any atom is -0.310 e. The van der Waals surface area contributed by atoms with Crippen molar-refractivity contribution in [3.63, 3.8) is 0 Å². The van der Waals surface area contributed by atoms with Gasteiger partial charge >= 0.3 is 0 Å². The number of rotatable bonds is 7. The van der Waals surface area contributed by atoms with Gasteiger partial charge in [-0.15, -0.1) is 0 Å². The third kappa shape index (κ3) is 5.40. The molecule has 0 saturated carbocycles. The molecule has 0 aromatic carbocycles. The van der Waals surface area contributed by atoms with E-state index in [9.17, 15) is 0 Å². The van der Waals surface area contributed by atoms with E-state index in [0.717, 1.165) is 12.5 Å². The van der Waals surface area contributed by atoms with E-state index in [4.69, 9.17) is 0 Å². The van der Waals surface area contributed by atoms with Gasteiger partial charge in [-0.3, -0.25) is 0 Å². The van der Waals surface area contributed by atoms with Crippen LogP contribution in [0.4, 0.5) is 0 Å². The fourth-order valence-corrected chi connectivity index (χ4v) is 3.32. The van der Waals surface area contributed by atoms with Crippen molar-refractivity contribution in [1.29, 1.82) is 0 Å². The van der Waals surface area contributed by atoms with Crippen LogP contribution in [-0.4, -0.2) is 24.1 Å². The van der Waals surface area contributed by atoms with Gasteiger partial charge in [0.25, 0.3) is 0 Å². The van der Waals surface area contributed by atoms with Crippen LogP contribution in [0.3, 0.4) is 0 Å². The second-order valence-electron chi connectivity index (χ2n) is 5.07. The lowest BCUT2D eigenvalue weighted by atomic mass is 9.95. The summed E-state index contributed by atoms with van der Waals surface area (Å²) < 4.78 is 0. The zero-order valence-electron chi connectivity index (χ0n) is 11.1. The SMILES string of the molecule is CCNC(CSCC(C)C)C1=CCCCC1. The van der Waals surface area contributed by atoms with Gasteiger partial charge in [-0.2, -0.15) is 11.8 Å². The summed E-state index contributed by atoms with van der Waals surface area (Å²) in [6.07, 6.45) is 7.88. The molecule has 0 aromatic heterocycles. The van der Waals surface area contributed by atoms with Crippen molar-refractivity contribution in [1.82, 2.24) is 5.32 Å². The number of hydrogen-bond donors (Lipinski definition) is 1. The predicted octanol–water partition coefficient (Wildman–Crippen LogP) is 3.85. The molecule has 16 heavy (non-hydrogen) atoms. The van der Waals surface area contributed by atoms with Crippen LogP contribution in [0.15, 0.2) is 11.6 Å². The van der Waals surface area contributed by atoms with Crippen molar-refractivity contribution in [2.75, 3.05) is 18.1 Å². The van der Waals surface area contributed by atoms with Crippen LogP contribution >= 0.6 is 11.8 Å². The van der Waals surface area contributed by atoms with Crippen LogP contribution in [0.25, 0.3) is 0 Å². The van der Waals surface area contributed by atoms with Gasteiger partial charge in [0.15, 0.2) is 0 Å². The molecule has 0 heterocycles. The summed E-state index contributed by atoms with van der Waals surface area (Å²) in [5.41, 5.74) is 1.67. The molecule has 1 atom stereocenters. The molecule has 1 N–H and O–H groups in total. The fraction of sp³-hybridized carbons (Fsp3) is 0.857. The molecule has 0 aromatic rings. The topological polar surface area (TPSA) is 12.0 Å². The normalized spacial score (nSPS) is 18.6. The molecule has 1 unspecified atom stereocenters. The van der Waals surface area contributed by atoms with Crippen LogP contribution < -0.4 is 5.32 Å². The van der Waals surface area contributed by atoms with Gasteiger partial charge in [-0.1, -0.05) is 32.4 Å². The molecule has 0 amide bonds. The summed E-state index contributed by atoms with van der Waals surface area (Å²) >= 11 is 2.10. The molecule has 1 nitrogen and oxygen atoms in total. The maximum absolute atomic E-state index is 3.64. The lowest BCUT2D eigenvalue weighted by molar-refractivity contribution is 0.579. The Morgan fingerprint density at radius 3 is 2.69 bits per heavy atom. The van der Waals surface area contributed by atoms with E-state index < -0.39 is 0 Å². The number of nitrogens with one attached hydrogen (secondary N) is 1. The molecule has 0 spiro atoms. The van der Waals surface area contributed by atoms with Crippen LogP contribution in [0, 0.1) is 5.92 Å². The van der Waals surface area contributed by atoms with E-state index in [1.807, 2.05) is 0 Å². The largest absolute Gasteiger partial charge is 0.310 e. The molecule has 0 fully saturated rings. The Balaban J connectivity index is 2.36. The molecule has 0 radical (unpaired) electrons. The van der Waals surface area contributed by atoms with Crippen molar-refractivity contribution in [2.45, 2.75) is 52.5 Å². The van der Waals surface area contributed by atoms with E-state index >= 15 is 0 Å². The lowest BCUT2D eigenvalue weighted by Crippen LogP contribution is -2.34. The Labute approximate surface area is 105 Å². The summed E-state index contributed by atoms with van der Waals surface area (Å²) in [7, 11) is 0. The summed E-state index contributed by atoms with van der Waals surface area (Å²) in [4.78, 5) is 0. The van der Waals surface area contributed by atoms with E-state index in [0.29, 0.717) is 6.04 Å². The maximum Gasteiger partial charge on any atom is 0.0370 e. The van der Waals surface area contributed by atoms with E-state index in [1.54, 1.807) is 5.57 Å². The Bertz CT molecular complexity index is 211. The average Bonchev–Trinajstić information content (AvgIpc) is 2.29. The zero-order chi connectivity index (χ0) is 11.8. The fourth-order valence-electron chi connectivity index (χ4n) is 2.14. The van der Waals surface area contributed by atoms with Crippen molar-refractivity contribution in [3.05, 3.63) is 11.6 Å². The van der Waals surface area contributed by atoms with Crippen LogP contribution in [-0.2, 0) is 0 Å². The monoisotopic (exact) mass is 241 g/mol. The Kier molecular flexibility index (Phi) is 7.22. The molecule has 1 rings (SSSR count). The molecule has 1 aliphatic rings.